The Bertz CT molecular complexity index is 566. The Balaban J connectivity index is 2.21. The third-order valence-corrected chi connectivity index (χ3v) is 4.81. The minimum absolute atomic E-state index is 0.0855. The molecule has 0 saturated carbocycles. The predicted octanol–water partition coefficient (Wildman–Crippen LogP) is 3.62. The van der Waals surface area contributed by atoms with Crippen molar-refractivity contribution in [3.63, 3.8) is 0 Å². The van der Waals surface area contributed by atoms with Crippen molar-refractivity contribution in [2.45, 2.75) is 59.5 Å². The van der Waals surface area contributed by atoms with Crippen LogP contribution < -0.4 is 0 Å². The Kier molecular flexibility index (Phi) is 5.25. The largest absolute Gasteiger partial charge is 0.273 e. The highest BCUT2D eigenvalue weighted by Crippen LogP contribution is 2.33. The Morgan fingerprint density at radius 2 is 1.78 bits per heavy atom. The second kappa shape index (κ2) is 6.83. The summed E-state index contributed by atoms with van der Waals surface area (Å²) in [5.41, 5.74) is 0.758. The van der Waals surface area contributed by atoms with Gasteiger partial charge in [-0.25, -0.2) is 10.0 Å². The summed E-state index contributed by atoms with van der Waals surface area (Å²) in [7, 11) is 0. The SMILES string of the molecule is CC(C)C(C)CC(=O)N1C(=O)CC(C)(C)N1Cc1ccccc1. The van der Waals surface area contributed by atoms with Gasteiger partial charge in [-0.15, -0.1) is 0 Å². The standard InChI is InChI=1S/C19H28N2O2/c1-14(2)15(3)11-17(22)21-18(23)12-19(4,5)20(21)13-16-9-7-6-8-10-16/h6-10,14-15H,11-13H2,1-5H3. The van der Waals surface area contributed by atoms with E-state index in [1.807, 2.05) is 49.2 Å². The first-order chi connectivity index (χ1) is 10.7. The van der Waals surface area contributed by atoms with E-state index in [0.29, 0.717) is 25.3 Å². The maximum Gasteiger partial charge on any atom is 0.245 e. The van der Waals surface area contributed by atoms with Gasteiger partial charge in [-0.2, -0.15) is 0 Å². The van der Waals surface area contributed by atoms with Crippen LogP contribution >= 0.6 is 0 Å². The molecular weight excluding hydrogens is 288 g/mol. The van der Waals surface area contributed by atoms with E-state index in [-0.39, 0.29) is 23.3 Å². The maximum absolute atomic E-state index is 12.7. The number of hydrogen-bond acceptors (Lipinski definition) is 3. The topological polar surface area (TPSA) is 40.6 Å². The molecule has 2 amide bonds. The lowest BCUT2D eigenvalue weighted by Gasteiger charge is -2.35. The van der Waals surface area contributed by atoms with Crippen molar-refractivity contribution >= 4 is 11.8 Å². The maximum atomic E-state index is 12.7. The van der Waals surface area contributed by atoms with Gasteiger partial charge in [-0.3, -0.25) is 9.59 Å². The molecule has 0 radical (unpaired) electrons. The number of hydrazine groups is 1. The van der Waals surface area contributed by atoms with Gasteiger partial charge in [0.15, 0.2) is 0 Å². The van der Waals surface area contributed by atoms with E-state index in [9.17, 15) is 9.59 Å². The van der Waals surface area contributed by atoms with Crippen molar-refractivity contribution in [3.05, 3.63) is 35.9 Å². The van der Waals surface area contributed by atoms with Crippen LogP contribution in [-0.4, -0.2) is 27.4 Å². The molecule has 1 aliphatic rings. The number of carbonyl (C=O) groups excluding carboxylic acids is 2. The molecule has 1 atom stereocenters. The lowest BCUT2D eigenvalue weighted by Crippen LogP contribution is -2.49. The molecule has 4 nitrogen and oxygen atoms in total. The summed E-state index contributed by atoms with van der Waals surface area (Å²) in [6.45, 7) is 10.9. The van der Waals surface area contributed by atoms with Gasteiger partial charge in [-0.1, -0.05) is 51.1 Å². The van der Waals surface area contributed by atoms with Crippen LogP contribution in [0.25, 0.3) is 0 Å². The molecule has 0 aromatic heterocycles. The van der Waals surface area contributed by atoms with Crippen LogP contribution in [0.15, 0.2) is 30.3 Å². The zero-order valence-corrected chi connectivity index (χ0v) is 14.9. The second-order valence-corrected chi connectivity index (χ2v) is 7.56. The summed E-state index contributed by atoms with van der Waals surface area (Å²) < 4.78 is 0. The summed E-state index contributed by atoms with van der Waals surface area (Å²) in [5, 5.41) is 3.33. The molecule has 1 aliphatic heterocycles. The third kappa shape index (κ3) is 3.99. The van der Waals surface area contributed by atoms with Crippen LogP contribution in [0.3, 0.4) is 0 Å². The van der Waals surface area contributed by atoms with E-state index < -0.39 is 0 Å². The average molecular weight is 316 g/mol. The van der Waals surface area contributed by atoms with Crippen molar-refractivity contribution in [2.75, 3.05) is 0 Å². The average Bonchev–Trinajstić information content (AvgIpc) is 2.69. The Hall–Kier alpha value is -1.68. The summed E-state index contributed by atoms with van der Waals surface area (Å²) in [6.07, 6.45) is 0.784. The van der Waals surface area contributed by atoms with Crippen molar-refractivity contribution < 1.29 is 9.59 Å². The van der Waals surface area contributed by atoms with Gasteiger partial charge in [0.25, 0.3) is 0 Å². The Morgan fingerprint density at radius 1 is 1.17 bits per heavy atom. The number of benzene rings is 1. The van der Waals surface area contributed by atoms with Crippen molar-refractivity contribution in [2.24, 2.45) is 11.8 Å². The molecule has 0 aliphatic carbocycles. The van der Waals surface area contributed by atoms with E-state index in [0.717, 1.165) is 5.56 Å². The minimum Gasteiger partial charge on any atom is -0.273 e. The van der Waals surface area contributed by atoms with Crippen LogP contribution in [0.2, 0.25) is 0 Å². The molecule has 2 rings (SSSR count). The van der Waals surface area contributed by atoms with Gasteiger partial charge in [0.05, 0.1) is 0 Å². The lowest BCUT2D eigenvalue weighted by atomic mass is 9.94. The van der Waals surface area contributed by atoms with E-state index in [1.54, 1.807) is 0 Å². The lowest BCUT2D eigenvalue weighted by molar-refractivity contribution is -0.161. The van der Waals surface area contributed by atoms with Gasteiger partial charge < -0.3 is 0 Å². The van der Waals surface area contributed by atoms with Crippen molar-refractivity contribution in [3.8, 4) is 0 Å². The molecule has 0 spiro atoms. The molecule has 1 heterocycles. The van der Waals surface area contributed by atoms with Crippen LogP contribution in [0.4, 0.5) is 0 Å². The normalized spacial score (nSPS) is 19.4. The fourth-order valence-corrected chi connectivity index (χ4v) is 2.85. The molecule has 0 N–H and O–H groups in total. The smallest absolute Gasteiger partial charge is 0.245 e. The molecule has 0 bridgehead atoms. The van der Waals surface area contributed by atoms with E-state index >= 15 is 0 Å². The highest BCUT2D eigenvalue weighted by atomic mass is 16.2. The summed E-state index contributed by atoms with van der Waals surface area (Å²) in [4.78, 5) is 25.2. The predicted molar refractivity (Wildman–Crippen MR) is 91.2 cm³/mol. The highest BCUT2D eigenvalue weighted by molar-refractivity contribution is 5.96. The number of rotatable bonds is 5. The Morgan fingerprint density at radius 3 is 2.35 bits per heavy atom. The first kappa shape index (κ1) is 17.7. The second-order valence-electron chi connectivity index (χ2n) is 7.56. The number of amides is 2. The molecule has 1 unspecified atom stereocenters. The molecule has 1 aromatic rings. The van der Waals surface area contributed by atoms with Crippen molar-refractivity contribution in [1.82, 2.24) is 10.0 Å². The van der Waals surface area contributed by atoms with E-state index in [1.165, 1.54) is 5.01 Å². The molecule has 23 heavy (non-hydrogen) atoms. The van der Waals surface area contributed by atoms with Crippen LogP contribution in [0.1, 0.15) is 53.0 Å². The number of hydrogen-bond donors (Lipinski definition) is 0. The van der Waals surface area contributed by atoms with Gasteiger partial charge >= 0.3 is 0 Å². The fourth-order valence-electron chi connectivity index (χ4n) is 2.85. The van der Waals surface area contributed by atoms with Gasteiger partial charge in [0.1, 0.15) is 0 Å². The van der Waals surface area contributed by atoms with Crippen LogP contribution in [0.5, 0.6) is 0 Å². The van der Waals surface area contributed by atoms with Gasteiger partial charge in [0.2, 0.25) is 11.8 Å². The molecule has 1 fully saturated rings. The van der Waals surface area contributed by atoms with Crippen molar-refractivity contribution in [1.29, 1.82) is 0 Å². The zero-order chi connectivity index (χ0) is 17.2. The van der Waals surface area contributed by atoms with E-state index in [4.69, 9.17) is 0 Å². The number of nitrogens with zero attached hydrogens (tertiary/aromatic N) is 2. The van der Waals surface area contributed by atoms with Crippen LogP contribution in [0, 0.1) is 11.8 Å². The molecule has 1 saturated heterocycles. The van der Waals surface area contributed by atoms with Crippen LogP contribution in [-0.2, 0) is 16.1 Å². The first-order valence-electron chi connectivity index (χ1n) is 8.39. The molecule has 1 aromatic carbocycles. The molecule has 126 valence electrons. The third-order valence-electron chi connectivity index (χ3n) is 4.81. The minimum atomic E-state index is -0.344. The summed E-state index contributed by atoms with van der Waals surface area (Å²) >= 11 is 0. The quantitative estimate of drug-likeness (QED) is 0.833. The number of carbonyl (C=O) groups is 2. The highest BCUT2D eigenvalue weighted by Gasteiger charge is 2.46. The monoisotopic (exact) mass is 316 g/mol. The Labute approximate surface area is 139 Å². The summed E-state index contributed by atoms with van der Waals surface area (Å²) in [6, 6.07) is 9.98. The molecule has 4 heteroatoms. The van der Waals surface area contributed by atoms with E-state index in [2.05, 4.69) is 20.8 Å². The summed E-state index contributed by atoms with van der Waals surface area (Å²) in [5.74, 6) is 0.509. The van der Waals surface area contributed by atoms with Gasteiger partial charge in [-0.05, 0) is 31.2 Å². The van der Waals surface area contributed by atoms with Gasteiger partial charge in [0, 0.05) is 24.9 Å². The zero-order valence-electron chi connectivity index (χ0n) is 14.9. The molecular formula is C19H28N2O2. The first-order valence-corrected chi connectivity index (χ1v) is 8.39. The number of imide groups is 1. The fraction of sp³-hybridized carbons (Fsp3) is 0.579.